The van der Waals surface area contributed by atoms with Gasteiger partial charge in [0.1, 0.15) is 12.7 Å². The number of nitrogens with zero attached hydrogens (tertiary/aromatic N) is 2. The van der Waals surface area contributed by atoms with Crippen LogP contribution in [0.1, 0.15) is 44.1 Å². The summed E-state index contributed by atoms with van der Waals surface area (Å²) in [6, 6.07) is 6.14. The summed E-state index contributed by atoms with van der Waals surface area (Å²) < 4.78 is 17.4. The zero-order valence-corrected chi connectivity index (χ0v) is 17.8. The van der Waals surface area contributed by atoms with Crippen molar-refractivity contribution in [3.63, 3.8) is 0 Å². The van der Waals surface area contributed by atoms with Crippen LogP contribution in [0.5, 0.6) is 11.5 Å². The Balaban J connectivity index is 1.23. The van der Waals surface area contributed by atoms with E-state index in [9.17, 15) is 5.11 Å². The molecule has 0 saturated carbocycles. The zero-order valence-electron chi connectivity index (χ0n) is 17.8. The van der Waals surface area contributed by atoms with Crippen molar-refractivity contribution in [3.8, 4) is 11.5 Å². The highest BCUT2D eigenvalue weighted by Gasteiger charge is 2.38. The molecule has 0 radical (unpaired) electrons. The van der Waals surface area contributed by atoms with Crippen LogP contribution in [0.2, 0.25) is 0 Å². The van der Waals surface area contributed by atoms with Gasteiger partial charge in [-0.1, -0.05) is 6.07 Å². The molecule has 0 aromatic heterocycles. The van der Waals surface area contributed by atoms with Crippen molar-refractivity contribution in [2.24, 2.45) is 0 Å². The van der Waals surface area contributed by atoms with Gasteiger partial charge in [-0.05, 0) is 69.3 Å². The van der Waals surface area contributed by atoms with Crippen molar-refractivity contribution < 1.29 is 19.3 Å². The van der Waals surface area contributed by atoms with E-state index in [4.69, 9.17) is 14.2 Å². The molecule has 0 aliphatic carbocycles. The Morgan fingerprint density at radius 1 is 1.03 bits per heavy atom. The molecular weight excluding hydrogens is 368 g/mol. The molecule has 1 spiro atoms. The molecule has 162 valence electrons. The summed E-state index contributed by atoms with van der Waals surface area (Å²) in [7, 11) is 1.67. The lowest BCUT2D eigenvalue weighted by atomic mass is 9.88. The van der Waals surface area contributed by atoms with Gasteiger partial charge in [0.2, 0.25) is 0 Å². The molecule has 1 unspecified atom stereocenters. The lowest BCUT2D eigenvalue weighted by Gasteiger charge is -2.39. The largest absolute Gasteiger partial charge is 0.493 e. The summed E-state index contributed by atoms with van der Waals surface area (Å²) >= 11 is 0. The Kier molecular flexibility index (Phi) is 6.96. The topological polar surface area (TPSA) is 54.4 Å². The van der Waals surface area contributed by atoms with Crippen LogP contribution in [0, 0.1) is 0 Å². The predicted octanol–water partition coefficient (Wildman–Crippen LogP) is 2.68. The van der Waals surface area contributed by atoms with E-state index in [1.165, 1.54) is 44.3 Å². The zero-order chi connectivity index (χ0) is 20.1. The van der Waals surface area contributed by atoms with Crippen molar-refractivity contribution in [1.29, 1.82) is 0 Å². The van der Waals surface area contributed by atoms with Gasteiger partial charge in [-0.15, -0.1) is 0 Å². The van der Waals surface area contributed by atoms with Crippen LogP contribution in [0.15, 0.2) is 18.2 Å². The number of likely N-dealkylation sites (tertiary alicyclic amines) is 2. The second-order valence-corrected chi connectivity index (χ2v) is 8.87. The average Bonchev–Trinajstić information content (AvgIpc) is 3.41. The van der Waals surface area contributed by atoms with Gasteiger partial charge in [-0.3, -0.25) is 4.90 Å². The maximum atomic E-state index is 10.5. The van der Waals surface area contributed by atoms with Crippen LogP contribution in [0.4, 0.5) is 0 Å². The van der Waals surface area contributed by atoms with E-state index in [-0.39, 0.29) is 12.2 Å². The molecule has 29 heavy (non-hydrogen) atoms. The number of aliphatic hydroxyl groups excluding tert-OH is 1. The van der Waals surface area contributed by atoms with Gasteiger partial charge in [0.05, 0.1) is 12.7 Å². The van der Waals surface area contributed by atoms with E-state index >= 15 is 0 Å². The Bertz CT molecular complexity index is 646. The SMILES string of the molecule is COc1cc(CN2CCCC2)ccc1OCC(O)CN1CCC2(CCCO2)CC1. The van der Waals surface area contributed by atoms with E-state index in [1.54, 1.807) is 7.11 Å². The van der Waals surface area contributed by atoms with E-state index in [0.717, 1.165) is 44.8 Å². The minimum absolute atomic E-state index is 0.127. The third-order valence-electron chi connectivity index (χ3n) is 6.69. The number of rotatable bonds is 8. The smallest absolute Gasteiger partial charge is 0.161 e. The molecule has 3 fully saturated rings. The Labute approximate surface area is 174 Å². The fourth-order valence-corrected chi connectivity index (χ4v) is 4.96. The molecule has 3 aliphatic heterocycles. The van der Waals surface area contributed by atoms with Crippen molar-refractivity contribution in [2.45, 2.75) is 56.8 Å². The first-order chi connectivity index (χ1) is 14.2. The summed E-state index contributed by atoms with van der Waals surface area (Å²) in [4.78, 5) is 4.80. The van der Waals surface area contributed by atoms with Crippen LogP contribution in [-0.4, -0.2) is 79.7 Å². The fraction of sp³-hybridized carbons (Fsp3) is 0.739. The van der Waals surface area contributed by atoms with Crippen molar-refractivity contribution in [2.75, 3.05) is 53.0 Å². The van der Waals surface area contributed by atoms with Crippen LogP contribution in [0.3, 0.4) is 0 Å². The number of piperidine rings is 1. The van der Waals surface area contributed by atoms with Crippen molar-refractivity contribution in [1.82, 2.24) is 9.80 Å². The normalized spacial score (nSPS) is 23.5. The second kappa shape index (κ2) is 9.65. The third-order valence-corrected chi connectivity index (χ3v) is 6.69. The van der Waals surface area contributed by atoms with Gasteiger partial charge >= 0.3 is 0 Å². The maximum absolute atomic E-state index is 10.5. The summed E-state index contributed by atoms with van der Waals surface area (Å²) in [5.41, 5.74) is 1.37. The molecule has 0 amide bonds. The molecular formula is C23H36N2O4. The number of hydrogen-bond acceptors (Lipinski definition) is 6. The maximum Gasteiger partial charge on any atom is 0.161 e. The van der Waals surface area contributed by atoms with Gasteiger partial charge < -0.3 is 24.2 Å². The molecule has 1 aromatic carbocycles. The number of hydrogen-bond donors (Lipinski definition) is 1. The van der Waals surface area contributed by atoms with Gasteiger partial charge in [0.15, 0.2) is 11.5 Å². The number of ether oxygens (including phenoxy) is 3. The predicted molar refractivity (Wildman–Crippen MR) is 113 cm³/mol. The Morgan fingerprint density at radius 3 is 2.52 bits per heavy atom. The molecule has 3 heterocycles. The molecule has 0 bridgehead atoms. The highest BCUT2D eigenvalue weighted by atomic mass is 16.5. The first-order valence-electron chi connectivity index (χ1n) is 11.2. The van der Waals surface area contributed by atoms with Crippen LogP contribution >= 0.6 is 0 Å². The van der Waals surface area contributed by atoms with Gasteiger partial charge in [0.25, 0.3) is 0 Å². The summed E-state index contributed by atoms with van der Waals surface area (Å²) in [6.07, 6.45) is 6.61. The standard InChI is InChI=1S/C23H36N2O4/c1-27-22-15-19(16-24-10-2-3-11-24)5-6-21(22)28-18-20(26)17-25-12-8-23(9-13-25)7-4-14-29-23/h5-6,15,20,26H,2-4,7-14,16-18H2,1H3. The van der Waals surface area contributed by atoms with E-state index < -0.39 is 6.10 Å². The highest BCUT2D eigenvalue weighted by Crippen LogP contribution is 2.35. The van der Waals surface area contributed by atoms with Crippen LogP contribution in [-0.2, 0) is 11.3 Å². The lowest BCUT2D eigenvalue weighted by molar-refractivity contribution is -0.0512. The molecule has 3 saturated heterocycles. The van der Waals surface area contributed by atoms with E-state index in [1.807, 2.05) is 6.07 Å². The van der Waals surface area contributed by atoms with Gasteiger partial charge in [-0.2, -0.15) is 0 Å². The van der Waals surface area contributed by atoms with Gasteiger partial charge in [-0.25, -0.2) is 0 Å². The second-order valence-electron chi connectivity index (χ2n) is 8.87. The molecule has 4 rings (SSSR count). The first kappa shape index (κ1) is 20.9. The molecule has 1 atom stereocenters. The minimum Gasteiger partial charge on any atom is -0.493 e. The number of benzene rings is 1. The van der Waals surface area contributed by atoms with E-state index in [0.29, 0.717) is 12.3 Å². The average molecular weight is 405 g/mol. The van der Waals surface area contributed by atoms with Crippen molar-refractivity contribution in [3.05, 3.63) is 23.8 Å². The summed E-state index contributed by atoms with van der Waals surface area (Å²) in [6.45, 7) is 7.13. The van der Waals surface area contributed by atoms with Gasteiger partial charge in [0, 0.05) is 32.8 Å². The first-order valence-corrected chi connectivity index (χ1v) is 11.2. The minimum atomic E-state index is -0.512. The number of aliphatic hydroxyl groups is 1. The monoisotopic (exact) mass is 404 g/mol. The van der Waals surface area contributed by atoms with Crippen LogP contribution in [0.25, 0.3) is 0 Å². The fourth-order valence-electron chi connectivity index (χ4n) is 4.96. The summed E-state index contributed by atoms with van der Waals surface area (Å²) in [5, 5.41) is 10.5. The Morgan fingerprint density at radius 2 is 1.83 bits per heavy atom. The quantitative estimate of drug-likeness (QED) is 0.719. The Hall–Kier alpha value is -1.34. The molecule has 6 nitrogen and oxygen atoms in total. The number of methoxy groups -OCH3 is 1. The lowest BCUT2D eigenvalue weighted by Crippen LogP contribution is -2.47. The summed E-state index contributed by atoms with van der Waals surface area (Å²) in [5.74, 6) is 1.45. The van der Waals surface area contributed by atoms with E-state index in [2.05, 4.69) is 21.9 Å². The molecule has 1 N–H and O–H groups in total. The highest BCUT2D eigenvalue weighted by molar-refractivity contribution is 5.43. The molecule has 6 heteroatoms. The van der Waals surface area contributed by atoms with Crippen LogP contribution < -0.4 is 9.47 Å². The van der Waals surface area contributed by atoms with Crippen molar-refractivity contribution >= 4 is 0 Å². The molecule has 1 aromatic rings. The number of β-amino-alcohol motifs (C(OH)–C–C–N with tert-alkyl or cyclic N) is 1. The molecule has 3 aliphatic rings. The third kappa shape index (κ3) is 5.43.